The third-order valence-electron chi connectivity index (χ3n) is 3.09. The lowest BCUT2D eigenvalue weighted by molar-refractivity contribution is 0.374. The third-order valence-corrected chi connectivity index (χ3v) is 5.93. The zero-order valence-electron chi connectivity index (χ0n) is 13.6. The van der Waals surface area contributed by atoms with Crippen molar-refractivity contribution in [3.8, 4) is 0 Å². The molecule has 0 fully saturated rings. The highest BCUT2D eigenvalue weighted by atomic mass is 32.2. The van der Waals surface area contributed by atoms with Crippen LogP contribution in [0.25, 0.3) is 0 Å². The van der Waals surface area contributed by atoms with Crippen molar-refractivity contribution in [3.63, 3.8) is 0 Å². The summed E-state index contributed by atoms with van der Waals surface area (Å²) in [5.74, 6) is 1.25. The summed E-state index contributed by atoms with van der Waals surface area (Å²) in [5.41, 5.74) is 0. The van der Waals surface area contributed by atoms with Gasteiger partial charge in [-0.1, -0.05) is 23.8 Å². The van der Waals surface area contributed by atoms with Crippen LogP contribution in [0.3, 0.4) is 0 Å². The van der Waals surface area contributed by atoms with E-state index in [1.165, 1.54) is 32.1 Å². The van der Waals surface area contributed by atoms with E-state index in [1.54, 1.807) is 12.1 Å². The minimum Gasteiger partial charge on any atom is -0.338 e. The van der Waals surface area contributed by atoms with Gasteiger partial charge in [0.25, 0.3) is 0 Å². The summed E-state index contributed by atoms with van der Waals surface area (Å²) in [5, 5.41) is 4.57. The van der Waals surface area contributed by atoms with Gasteiger partial charge in [0.1, 0.15) is 4.90 Å². The van der Waals surface area contributed by atoms with Crippen molar-refractivity contribution in [2.24, 2.45) is 0 Å². The van der Waals surface area contributed by atoms with Gasteiger partial charge in [0, 0.05) is 26.7 Å². The Bertz CT molecular complexity index is 742. The summed E-state index contributed by atoms with van der Waals surface area (Å²) >= 11 is 1.44. The number of sulfonamides is 1. The van der Waals surface area contributed by atoms with Gasteiger partial charge >= 0.3 is 0 Å². The first-order valence-corrected chi connectivity index (χ1v) is 9.54. The molecular weight excluding hydrogens is 336 g/mol. The van der Waals surface area contributed by atoms with Crippen LogP contribution in [0, 0.1) is 0 Å². The van der Waals surface area contributed by atoms with Gasteiger partial charge in [-0.3, -0.25) is 0 Å². The minimum atomic E-state index is -3.46. The fraction of sp³-hybridized carbons (Fsp3) is 0.500. The molecule has 0 aliphatic heterocycles. The van der Waals surface area contributed by atoms with E-state index in [0.29, 0.717) is 16.7 Å². The van der Waals surface area contributed by atoms with Crippen LogP contribution in [-0.4, -0.2) is 41.9 Å². The van der Waals surface area contributed by atoms with Gasteiger partial charge < -0.3 is 4.52 Å². The minimum absolute atomic E-state index is 0.0584. The molecule has 2 rings (SSSR count). The molecule has 0 aliphatic carbocycles. The molecule has 0 aliphatic rings. The third kappa shape index (κ3) is 4.30. The Morgan fingerprint density at radius 3 is 2.65 bits per heavy atom. The van der Waals surface area contributed by atoms with Gasteiger partial charge in [0.15, 0.2) is 5.82 Å². The van der Waals surface area contributed by atoms with Crippen molar-refractivity contribution >= 4 is 21.8 Å². The molecule has 7 nitrogen and oxygen atoms in total. The Morgan fingerprint density at radius 2 is 2.09 bits per heavy atom. The molecule has 0 spiro atoms. The van der Waals surface area contributed by atoms with E-state index in [1.807, 2.05) is 6.92 Å². The molecule has 9 heteroatoms. The van der Waals surface area contributed by atoms with Gasteiger partial charge in [0.2, 0.25) is 15.9 Å². The first-order valence-electron chi connectivity index (χ1n) is 7.22. The van der Waals surface area contributed by atoms with Crippen molar-refractivity contribution in [2.75, 3.05) is 14.1 Å². The first-order chi connectivity index (χ1) is 10.8. The summed E-state index contributed by atoms with van der Waals surface area (Å²) < 4.78 is 30.4. The van der Waals surface area contributed by atoms with E-state index in [-0.39, 0.29) is 10.1 Å². The number of thioether (sulfide) groups is 1. The predicted octanol–water partition coefficient (Wildman–Crippen LogP) is 2.52. The number of hydrogen-bond donors (Lipinski definition) is 0. The lowest BCUT2D eigenvalue weighted by atomic mass is 10.3. The van der Waals surface area contributed by atoms with Crippen LogP contribution in [0.2, 0.25) is 0 Å². The number of hydrogen-bond acceptors (Lipinski definition) is 7. The Kier molecular flexibility index (Phi) is 5.77. The van der Waals surface area contributed by atoms with Crippen LogP contribution in [-0.2, 0) is 16.4 Å². The molecule has 2 heterocycles. The highest BCUT2D eigenvalue weighted by Crippen LogP contribution is 2.33. The molecule has 0 radical (unpaired) electrons. The lowest BCUT2D eigenvalue weighted by Crippen LogP contribution is -2.22. The van der Waals surface area contributed by atoms with Crippen LogP contribution in [0.1, 0.15) is 37.2 Å². The van der Waals surface area contributed by atoms with Gasteiger partial charge in [-0.15, -0.1) is 0 Å². The molecule has 0 saturated carbocycles. The molecule has 2 aromatic rings. The average Bonchev–Trinajstić information content (AvgIpc) is 2.97. The van der Waals surface area contributed by atoms with Crippen LogP contribution < -0.4 is 0 Å². The van der Waals surface area contributed by atoms with E-state index in [4.69, 9.17) is 4.52 Å². The smallest absolute Gasteiger partial charge is 0.244 e. The maximum absolute atomic E-state index is 12.0. The lowest BCUT2D eigenvalue weighted by Gasteiger charge is -2.11. The largest absolute Gasteiger partial charge is 0.338 e. The molecule has 0 amide bonds. The Labute approximate surface area is 140 Å². The number of rotatable bonds is 7. The van der Waals surface area contributed by atoms with E-state index in [0.717, 1.165) is 17.1 Å². The molecule has 0 aromatic carbocycles. The van der Waals surface area contributed by atoms with Crippen molar-refractivity contribution < 1.29 is 12.9 Å². The molecule has 0 saturated heterocycles. The average molecular weight is 356 g/mol. The standard InChI is InChI=1S/C14H20N4O3S2/c1-5-6-12-16-14(21-17-12)10(2)22-13-8-7-11(9-15-13)23(19,20)18(3)4/h7-10H,5-6H2,1-4H3. The molecule has 0 N–H and O–H groups in total. The maximum Gasteiger partial charge on any atom is 0.244 e. The molecule has 0 bridgehead atoms. The summed E-state index contributed by atoms with van der Waals surface area (Å²) in [6.07, 6.45) is 3.11. The number of pyridine rings is 1. The zero-order valence-corrected chi connectivity index (χ0v) is 15.2. The van der Waals surface area contributed by atoms with Crippen molar-refractivity contribution in [1.29, 1.82) is 0 Å². The topological polar surface area (TPSA) is 89.2 Å². The van der Waals surface area contributed by atoms with Crippen LogP contribution in [0.4, 0.5) is 0 Å². The van der Waals surface area contributed by atoms with E-state index < -0.39 is 10.0 Å². The predicted molar refractivity (Wildman–Crippen MR) is 87.7 cm³/mol. The highest BCUT2D eigenvalue weighted by molar-refractivity contribution is 7.99. The SMILES string of the molecule is CCCc1noc(C(C)Sc2ccc(S(=O)(=O)N(C)C)cn2)n1. The van der Waals surface area contributed by atoms with E-state index >= 15 is 0 Å². The summed E-state index contributed by atoms with van der Waals surface area (Å²) in [7, 11) is -0.477. The second kappa shape index (κ2) is 7.41. The van der Waals surface area contributed by atoms with Gasteiger partial charge in [-0.25, -0.2) is 17.7 Å². The van der Waals surface area contributed by atoms with E-state index in [2.05, 4.69) is 22.0 Å². The first kappa shape index (κ1) is 17.9. The number of aromatic nitrogens is 3. The van der Waals surface area contributed by atoms with Gasteiger partial charge in [0.05, 0.1) is 10.3 Å². The van der Waals surface area contributed by atoms with Crippen LogP contribution in [0.15, 0.2) is 32.8 Å². The molecule has 126 valence electrons. The highest BCUT2D eigenvalue weighted by Gasteiger charge is 2.19. The zero-order chi connectivity index (χ0) is 17.0. The van der Waals surface area contributed by atoms with Crippen molar-refractivity contribution in [3.05, 3.63) is 30.0 Å². The second-order valence-electron chi connectivity index (χ2n) is 5.18. The molecule has 1 atom stereocenters. The van der Waals surface area contributed by atoms with Crippen molar-refractivity contribution in [2.45, 2.75) is 41.9 Å². The van der Waals surface area contributed by atoms with Gasteiger partial charge in [-0.2, -0.15) is 4.98 Å². The number of nitrogens with zero attached hydrogens (tertiary/aromatic N) is 4. The number of aryl methyl sites for hydroxylation is 1. The molecule has 23 heavy (non-hydrogen) atoms. The summed E-state index contributed by atoms with van der Waals surface area (Å²) in [6, 6.07) is 3.23. The maximum atomic E-state index is 12.0. The fourth-order valence-corrected chi connectivity index (χ4v) is 3.46. The van der Waals surface area contributed by atoms with E-state index in [9.17, 15) is 8.42 Å². The van der Waals surface area contributed by atoms with Crippen LogP contribution >= 0.6 is 11.8 Å². The van der Waals surface area contributed by atoms with Gasteiger partial charge in [-0.05, 0) is 25.5 Å². The normalized spacial score (nSPS) is 13.4. The molecule has 1 unspecified atom stereocenters. The Hall–Kier alpha value is -1.45. The van der Waals surface area contributed by atoms with Crippen LogP contribution in [0.5, 0.6) is 0 Å². The molecule has 2 aromatic heterocycles. The monoisotopic (exact) mass is 356 g/mol. The quantitative estimate of drug-likeness (QED) is 0.704. The second-order valence-corrected chi connectivity index (χ2v) is 8.69. The summed E-state index contributed by atoms with van der Waals surface area (Å²) in [4.78, 5) is 8.72. The molecular formula is C14H20N4O3S2. The van der Waals surface area contributed by atoms with Crippen molar-refractivity contribution in [1.82, 2.24) is 19.4 Å². The Morgan fingerprint density at radius 1 is 1.35 bits per heavy atom. The summed E-state index contributed by atoms with van der Waals surface area (Å²) in [6.45, 7) is 4.00. The Balaban J connectivity index is 2.08. The fourth-order valence-electron chi connectivity index (χ4n) is 1.79.